The Morgan fingerprint density at radius 2 is 1.00 bits per heavy atom. The number of nitrogens with zero attached hydrogens (tertiary/aromatic N) is 3. The first-order valence-corrected chi connectivity index (χ1v) is 15.3. The van der Waals surface area contributed by atoms with E-state index in [9.17, 15) is 0 Å². The minimum Gasteiger partial charge on any atom is -0.323 e. The zero-order valence-corrected chi connectivity index (χ0v) is 17.7. The quantitative estimate of drug-likeness (QED) is 0.447. The Balaban J connectivity index is 2.02. The summed E-state index contributed by atoms with van der Waals surface area (Å²) in [6.07, 6.45) is 0. The van der Waals surface area contributed by atoms with Gasteiger partial charge in [0.15, 0.2) is 0 Å². The van der Waals surface area contributed by atoms with Gasteiger partial charge in [0.2, 0.25) is 0 Å². The van der Waals surface area contributed by atoms with E-state index in [4.69, 9.17) is 45.0 Å². The van der Waals surface area contributed by atoms with Gasteiger partial charge < -0.3 is 10.2 Å². The van der Waals surface area contributed by atoms with Gasteiger partial charge in [-0.15, -0.1) is 0 Å². The molecule has 0 bridgehead atoms. The average Bonchev–Trinajstić information content (AvgIpc) is 2.45. The van der Waals surface area contributed by atoms with Gasteiger partial charge in [-0.1, -0.05) is 36.4 Å². The van der Waals surface area contributed by atoms with Crippen LogP contribution in [0.5, 0.6) is 0 Å². The Bertz CT molecular complexity index is 850. The summed E-state index contributed by atoms with van der Waals surface area (Å²) >= 11 is 25.8. The third-order valence-corrected chi connectivity index (χ3v) is 14.8. The first-order valence-electron chi connectivity index (χ1n) is 6.64. The Morgan fingerprint density at radius 3 is 1.46 bits per heavy atom. The van der Waals surface area contributed by atoms with E-state index in [0.29, 0.717) is 0 Å². The summed E-state index contributed by atoms with van der Waals surface area (Å²) < 4.78 is 13.0. The highest BCUT2D eigenvalue weighted by molar-refractivity contribution is 8.18. The fourth-order valence-electron chi connectivity index (χ4n) is 1.94. The van der Waals surface area contributed by atoms with Gasteiger partial charge in [0.25, 0.3) is 19.3 Å². The summed E-state index contributed by atoms with van der Waals surface area (Å²) in [4.78, 5) is 0. The predicted octanol–water partition coefficient (Wildman–Crippen LogP) is 9.02. The van der Waals surface area contributed by atoms with Gasteiger partial charge in [-0.3, -0.25) is 0 Å². The molecule has 0 saturated heterocycles. The second kappa shape index (κ2) is 7.25. The first-order chi connectivity index (χ1) is 11.3. The molecule has 1 heterocycles. The van der Waals surface area contributed by atoms with Crippen LogP contribution in [0.15, 0.2) is 74.2 Å². The molecule has 3 rings (SSSR count). The van der Waals surface area contributed by atoms with Crippen molar-refractivity contribution >= 4 is 75.7 Å². The molecule has 0 spiro atoms. The molecule has 0 aliphatic carbocycles. The third-order valence-electron chi connectivity index (χ3n) is 2.78. The van der Waals surface area contributed by atoms with Crippen LogP contribution >= 0.6 is 64.3 Å². The summed E-state index contributed by atoms with van der Waals surface area (Å²) in [6, 6.07) is 18.7. The second-order valence-corrected chi connectivity index (χ2v) is 16.5. The van der Waals surface area contributed by atoms with E-state index < -0.39 is 19.3 Å². The lowest BCUT2D eigenvalue weighted by atomic mass is 10.3. The van der Waals surface area contributed by atoms with Crippen molar-refractivity contribution in [1.82, 2.24) is 0 Å². The number of benzene rings is 2. The van der Waals surface area contributed by atoms with Gasteiger partial charge in [-0.05, 0) is 69.2 Å². The Kier molecular flexibility index (Phi) is 5.64. The summed E-state index contributed by atoms with van der Waals surface area (Å²) in [5.74, 6) is -3.04. The molecule has 0 saturated carbocycles. The van der Waals surface area contributed by atoms with Gasteiger partial charge in [0, 0.05) is 11.4 Å². The molecule has 128 valence electrons. The van der Waals surface area contributed by atoms with Crippen LogP contribution in [-0.2, 0) is 0 Å². The second-order valence-electron chi connectivity index (χ2n) is 4.73. The molecule has 0 aromatic heterocycles. The van der Waals surface area contributed by atoms with E-state index in [1.807, 2.05) is 60.7 Å². The Hall–Kier alpha value is -0.110. The number of para-hydroxylation sites is 2. The third kappa shape index (κ3) is 4.96. The zero-order valence-electron chi connectivity index (χ0n) is 12.0. The number of hydrogen-bond donors (Lipinski definition) is 2. The lowest BCUT2D eigenvalue weighted by molar-refractivity contribution is 1.62. The van der Waals surface area contributed by atoms with Gasteiger partial charge in [-0.2, -0.15) is 13.5 Å². The monoisotopic (exact) mass is 459 g/mol. The van der Waals surface area contributed by atoms with Gasteiger partial charge in [-0.25, -0.2) is 0 Å². The fourth-order valence-corrected chi connectivity index (χ4v) is 17.7. The van der Waals surface area contributed by atoms with Crippen LogP contribution in [0.3, 0.4) is 0 Å². The lowest BCUT2D eigenvalue weighted by Gasteiger charge is -2.26. The molecule has 1 aliphatic rings. The maximum absolute atomic E-state index is 6.61. The molecule has 2 atom stereocenters. The van der Waals surface area contributed by atoms with Crippen LogP contribution in [0.25, 0.3) is 0 Å². The van der Waals surface area contributed by atoms with Gasteiger partial charge >= 0.3 is 0 Å². The van der Waals surface area contributed by atoms with Crippen LogP contribution in [0, 0.1) is 0 Å². The average molecular weight is 461 g/mol. The Labute approximate surface area is 159 Å². The minimum atomic E-state index is -3.04. The van der Waals surface area contributed by atoms with Crippen molar-refractivity contribution < 1.29 is 0 Å². The van der Waals surface area contributed by atoms with E-state index in [1.54, 1.807) is 0 Å². The first kappa shape index (κ1) is 18.7. The van der Waals surface area contributed by atoms with E-state index in [-0.39, 0.29) is 0 Å². The fraction of sp³-hybridized carbons (Fsp3) is 0. The van der Waals surface area contributed by atoms with Crippen molar-refractivity contribution in [1.29, 1.82) is 0 Å². The van der Waals surface area contributed by atoms with Crippen molar-refractivity contribution in [2.45, 2.75) is 0 Å². The number of nitrogens with one attached hydrogen (secondary N) is 2. The largest absolute Gasteiger partial charge is 0.323 e. The number of halogens is 4. The molecule has 0 unspecified atom stereocenters. The highest BCUT2D eigenvalue weighted by atomic mass is 35.9. The van der Waals surface area contributed by atoms with Crippen LogP contribution in [0.1, 0.15) is 0 Å². The zero-order chi connectivity index (χ0) is 17.3. The van der Waals surface area contributed by atoms with E-state index in [2.05, 4.69) is 23.7 Å². The molecule has 0 fully saturated rings. The van der Waals surface area contributed by atoms with Crippen molar-refractivity contribution in [3.05, 3.63) is 60.7 Å². The highest BCUT2D eigenvalue weighted by Gasteiger charge is 2.33. The molecule has 12 heteroatoms. The van der Waals surface area contributed by atoms with Crippen molar-refractivity contribution in [2.75, 3.05) is 10.2 Å². The highest BCUT2D eigenvalue weighted by Crippen LogP contribution is 2.84. The molecule has 2 aromatic rings. The smallest absolute Gasteiger partial charge is 0.262 e. The van der Waals surface area contributed by atoms with Gasteiger partial charge in [0.05, 0.1) is 0 Å². The SMILES string of the molecule is ClP1(Cl)=N[P@](Cl)(Nc2ccccc2)=N[P@@](Cl)(Nc2ccccc2)=N1. The minimum absolute atomic E-state index is 0.756. The summed E-state index contributed by atoms with van der Waals surface area (Å²) in [7, 11) is 0. The lowest BCUT2D eigenvalue weighted by Crippen LogP contribution is -1.95. The molecule has 2 N–H and O–H groups in total. The Morgan fingerprint density at radius 1 is 0.583 bits per heavy atom. The molecular weight excluding hydrogens is 449 g/mol. The van der Waals surface area contributed by atoms with Crippen molar-refractivity contribution in [3.8, 4) is 0 Å². The van der Waals surface area contributed by atoms with Crippen LogP contribution < -0.4 is 10.2 Å². The summed E-state index contributed by atoms with van der Waals surface area (Å²) in [5, 5.41) is 6.20. The molecule has 1 aliphatic heterocycles. The normalized spacial score (nSPS) is 28.0. The molecule has 24 heavy (non-hydrogen) atoms. The van der Waals surface area contributed by atoms with Gasteiger partial charge in [0.1, 0.15) is 0 Å². The molecule has 0 radical (unpaired) electrons. The van der Waals surface area contributed by atoms with Crippen LogP contribution in [0.2, 0.25) is 0 Å². The van der Waals surface area contributed by atoms with E-state index >= 15 is 0 Å². The maximum atomic E-state index is 6.61. The van der Waals surface area contributed by atoms with Crippen molar-refractivity contribution in [3.63, 3.8) is 0 Å². The summed E-state index contributed by atoms with van der Waals surface area (Å²) in [5.41, 5.74) is 1.51. The van der Waals surface area contributed by atoms with Crippen LogP contribution in [0.4, 0.5) is 11.4 Å². The van der Waals surface area contributed by atoms with Crippen LogP contribution in [-0.4, -0.2) is 0 Å². The molecule has 0 amide bonds. The van der Waals surface area contributed by atoms with E-state index in [1.165, 1.54) is 0 Å². The molecule has 5 nitrogen and oxygen atoms in total. The van der Waals surface area contributed by atoms with Crippen molar-refractivity contribution in [2.24, 2.45) is 13.5 Å². The maximum Gasteiger partial charge on any atom is 0.262 e. The van der Waals surface area contributed by atoms with E-state index in [0.717, 1.165) is 11.4 Å². The standard InChI is InChI=1S/C12H12Cl4N5P3/c13-22(14)19-23(15,17-11-7-3-1-4-8-11)21-24(16,20-22)18-12-9-5-2-6-10-12/h1-10,17-18H/t23-,24-/m0/s1. The predicted molar refractivity (Wildman–Crippen MR) is 112 cm³/mol. The number of hydrogen-bond acceptors (Lipinski definition) is 5. The molecular formula is C12H12Cl4N5P3. The number of rotatable bonds is 4. The summed E-state index contributed by atoms with van der Waals surface area (Å²) in [6.45, 7) is -5.89. The topological polar surface area (TPSA) is 61.1 Å². The number of anilines is 2. The molecule has 2 aromatic carbocycles.